The normalized spacial score (nSPS) is 10.3. The molecule has 1 amide bonds. The summed E-state index contributed by atoms with van der Waals surface area (Å²) in [5.74, 6) is -0.746. The number of carbonyl (C=O) groups excluding carboxylic acids is 2. The fraction of sp³-hybridized carbons (Fsp3) is 0.667. The average Bonchev–Trinajstić information content (AvgIpc) is 2.82. The number of esters is 1. The summed E-state index contributed by atoms with van der Waals surface area (Å²) in [4.78, 5) is 23.3. The van der Waals surface area contributed by atoms with Crippen LogP contribution >= 0.6 is 0 Å². The van der Waals surface area contributed by atoms with E-state index in [1.165, 1.54) is 11.8 Å². The van der Waals surface area contributed by atoms with E-state index in [1.54, 1.807) is 0 Å². The number of nitrogens with one attached hydrogen (secondary N) is 1. The van der Waals surface area contributed by atoms with Crippen molar-refractivity contribution in [3.8, 4) is 0 Å². The van der Waals surface area contributed by atoms with E-state index in [1.807, 2.05) is 6.92 Å². The van der Waals surface area contributed by atoms with Crippen LogP contribution in [0.5, 0.6) is 0 Å². The molecule has 8 heteroatoms. The summed E-state index contributed by atoms with van der Waals surface area (Å²) in [6.07, 6.45) is 2.33. The monoisotopic (exact) mass is 283 g/mol. The van der Waals surface area contributed by atoms with Crippen LogP contribution in [0.1, 0.15) is 35.9 Å². The number of carbonyl (C=O) groups is 2. The number of nitrogens with two attached hydrogens (primary N) is 1. The Morgan fingerprint density at radius 3 is 2.80 bits per heavy atom. The molecule has 1 aromatic heterocycles. The van der Waals surface area contributed by atoms with Gasteiger partial charge in [-0.05, 0) is 13.0 Å². The molecule has 0 atom stereocenters. The molecule has 0 aliphatic heterocycles. The molecule has 8 nitrogen and oxygen atoms in total. The van der Waals surface area contributed by atoms with Gasteiger partial charge >= 0.3 is 5.97 Å². The topological polar surface area (TPSA) is 112 Å². The van der Waals surface area contributed by atoms with Gasteiger partial charge in [0.1, 0.15) is 6.54 Å². The van der Waals surface area contributed by atoms with Gasteiger partial charge in [-0.25, -0.2) is 9.48 Å². The third kappa shape index (κ3) is 4.30. The molecule has 0 saturated heterocycles. The van der Waals surface area contributed by atoms with Gasteiger partial charge in [-0.15, -0.1) is 5.10 Å². The molecule has 112 valence electrons. The minimum Gasteiger partial charge on any atom is -0.464 e. The van der Waals surface area contributed by atoms with Gasteiger partial charge < -0.3 is 15.8 Å². The van der Waals surface area contributed by atoms with Crippen LogP contribution in [0.3, 0.4) is 0 Å². The van der Waals surface area contributed by atoms with Crippen molar-refractivity contribution in [2.75, 3.05) is 20.2 Å². The Hall–Kier alpha value is -1.96. The number of hydrogen-bond acceptors (Lipinski definition) is 6. The highest BCUT2D eigenvalue weighted by atomic mass is 16.5. The molecule has 0 bridgehead atoms. The van der Waals surface area contributed by atoms with E-state index >= 15 is 0 Å². The second-order valence-corrected chi connectivity index (χ2v) is 4.28. The van der Waals surface area contributed by atoms with E-state index in [9.17, 15) is 9.59 Å². The zero-order valence-electron chi connectivity index (χ0n) is 11.9. The maximum atomic E-state index is 11.7. The Labute approximate surface area is 117 Å². The molecule has 0 unspecified atom stereocenters. The first-order valence-corrected chi connectivity index (χ1v) is 6.61. The zero-order valence-corrected chi connectivity index (χ0v) is 11.9. The van der Waals surface area contributed by atoms with E-state index in [0.717, 1.165) is 12.8 Å². The van der Waals surface area contributed by atoms with Gasteiger partial charge in [-0.3, -0.25) is 4.79 Å². The quantitative estimate of drug-likeness (QED) is 0.490. The predicted octanol–water partition coefficient (Wildman–Crippen LogP) is -0.518. The molecule has 0 fully saturated rings. The molecule has 1 heterocycles. The minimum absolute atomic E-state index is 0.0169. The highest BCUT2D eigenvalue weighted by molar-refractivity contribution is 5.88. The molecular formula is C12H21N5O3. The predicted molar refractivity (Wildman–Crippen MR) is 72.0 cm³/mol. The first kappa shape index (κ1) is 16.1. The van der Waals surface area contributed by atoms with Crippen LogP contribution in [0.15, 0.2) is 0 Å². The van der Waals surface area contributed by atoms with Crippen LogP contribution in [0.4, 0.5) is 0 Å². The molecular weight excluding hydrogens is 262 g/mol. The lowest BCUT2D eigenvalue weighted by Gasteiger charge is -2.07. The summed E-state index contributed by atoms with van der Waals surface area (Å²) >= 11 is 0. The van der Waals surface area contributed by atoms with Crippen molar-refractivity contribution in [3.63, 3.8) is 0 Å². The summed E-state index contributed by atoms with van der Waals surface area (Å²) in [6, 6.07) is 0. The number of ether oxygens (including phenoxy) is 1. The lowest BCUT2D eigenvalue weighted by atomic mass is 10.2. The van der Waals surface area contributed by atoms with Crippen LogP contribution in [0, 0.1) is 0 Å². The number of aromatic nitrogens is 3. The number of hydrogen-bond donors (Lipinski definition) is 2. The van der Waals surface area contributed by atoms with Crippen LogP contribution < -0.4 is 11.1 Å². The van der Waals surface area contributed by atoms with Gasteiger partial charge in [0.05, 0.1) is 12.8 Å². The molecule has 1 rings (SSSR count). The van der Waals surface area contributed by atoms with Crippen LogP contribution in [-0.2, 0) is 22.5 Å². The smallest absolute Gasteiger partial charge is 0.360 e. The maximum Gasteiger partial charge on any atom is 0.360 e. The summed E-state index contributed by atoms with van der Waals surface area (Å²) in [7, 11) is 1.27. The largest absolute Gasteiger partial charge is 0.464 e. The highest BCUT2D eigenvalue weighted by Gasteiger charge is 2.20. The molecule has 20 heavy (non-hydrogen) atoms. The van der Waals surface area contributed by atoms with E-state index in [2.05, 4.69) is 20.4 Å². The zero-order chi connectivity index (χ0) is 15.0. The fourth-order valence-electron chi connectivity index (χ4n) is 1.70. The number of methoxy groups -OCH3 is 1. The molecule has 0 spiro atoms. The van der Waals surface area contributed by atoms with Crippen molar-refractivity contribution in [2.24, 2.45) is 5.73 Å². The number of amides is 1. The fourth-order valence-corrected chi connectivity index (χ4v) is 1.70. The van der Waals surface area contributed by atoms with Gasteiger partial charge in [0.25, 0.3) is 0 Å². The first-order chi connectivity index (χ1) is 9.63. The van der Waals surface area contributed by atoms with Crippen molar-refractivity contribution in [2.45, 2.75) is 32.7 Å². The summed E-state index contributed by atoms with van der Waals surface area (Å²) < 4.78 is 6.01. The molecule has 0 aliphatic rings. The SMILES string of the molecule is CCCCNC(=O)Cn1nnc(C(=O)OC)c1CCN. The lowest BCUT2D eigenvalue weighted by Crippen LogP contribution is -2.29. The molecule has 0 saturated carbocycles. The summed E-state index contributed by atoms with van der Waals surface area (Å²) in [5.41, 5.74) is 6.14. The molecule has 1 aromatic rings. The Morgan fingerprint density at radius 1 is 1.45 bits per heavy atom. The minimum atomic E-state index is -0.578. The average molecular weight is 283 g/mol. The molecule has 3 N–H and O–H groups in total. The van der Waals surface area contributed by atoms with Crippen molar-refractivity contribution >= 4 is 11.9 Å². The van der Waals surface area contributed by atoms with E-state index in [4.69, 9.17) is 5.73 Å². The second-order valence-electron chi connectivity index (χ2n) is 4.28. The van der Waals surface area contributed by atoms with Gasteiger partial charge in [0, 0.05) is 13.0 Å². The van der Waals surface area contributed by atoms with Crippen LogP contribution in [0.2, 0.25) is 0 Å². The summed E-state index contributed by atoms with van der Waals surface area (Å²) in [6.45, 7) is 3.02. The number of rotatable bonds is 8. The van der Waals surface area contributed by atoms with Gasteiger partial charge in [0.15, 0.2) is 5.69 Å². The number of nitrogens with zero attached hydrogens (tertiary/aromatic N) is 3. The van der Waals surface area contributed by atoms with Crippen molar-refractivity contribution in [3.05, 3.63) is 11.4 Å². The van der Waals surface area contributed by atoms with Gasteiger partial charge in [-0.2, -0.15) is 0 Å². The second kappa shape index (κ2) is 8.26. The maximum absolute atomic E-state index is 11.7. The highest BCUT2D eigenvalue weighted by Crippen LogP contribution is 2.07. The lowest BCUT2D eigenvalue weighted by molar-refractivity contribution is -0.121. The van der Waals surface area contributed by atoms with Gasteiger partial charge in [-0.1, -0.05) is 18.6 Å². The van der Waals surface area contributed by atoms with Crippen molar-refractivity contribution in [1.82, 2.24) is 20.3 Å². The molecule has 0 radical (unpaired) electrons. The third-order valence-electron chi connectivity index (χ3n) is 2.74. The Bertz CT molecular complexity index is 458. The van der Waals surface area contributed by atoms with E-state index < -0.39 is 5.97 Å². The third-order valence-corrected chi connectivity index (χ3v) is 2.74. The molecule has 0 aliphatic carbocycles. The van der Waals surface area contributed by atoms with Crippen LogP contribution in [-0.4, -0.2) is 47.1 Å². The van der Waals surface area contributed by atoms with Crippen molar-refractivity contribution < 1.29 is 14.3 Å². The Balaban J connectivity index is 2.76. The first-order valence-electron chi connectivity index (χ1n) is 6.61. The van der Waals surface area contributed by atoms with E-state index in [0.29, 0.717) is 25.2 Å². The Morgan fingerprint density at radius 2 is 2.20 bits per heavy atom. The van der Waals surface area contributed by atoms with Crippen molar-refractivity contribution in [1.29, 1.82) is 0 Å². The standard InChI is InChI=1S/C12H21N5O3/c1-3-4-7-14-10(18)8-17-9(5-6-13)11(15-16-17)12(19)20-2/h3-8,13H2,1-2H3,(H,14,18). The van der Waals surface area contributed by atoms with Crippen LogP contribution in [0.25, 0.3) is 0 Å². The Kier molecular flexibility index (Phi) is 6.65. The summed E-state index contributed by atoms with van der Waals surface area (Å²) in [5, 5.41) is 10.4. The van der Waals surface area contributed by atoms with E-state index in [-0.39, 0.29) is 18.1 Å². The molecule has 0 aromatic carbocycles. The number of unbranched alkanes of at least 4 members (excludes halogenated alkanes) is 1. The van der Waals surface area contributed by atoms with Gasteiger partial charge in [0.2, 0.25) is 5.91 Å².